The van der Waals surface area contributed by atoms with Crippen LogP contribution in [0.15, 0.2) is 109 Å². The number of benzene rings is 4. The molecule has 2 saturated heterocycles. The molecule has 0 spiro atoms. The normalized spacial score (nSPS) is 24.5. The number of amides is 1. The Balaban J connectivity index is 0.000000275. The third-order valence-electron chi connectivity index (χ3n) is 11.2. The van der Waals surface area contributed by atoms with E-state index < -0.39 is 29.8 Å². The van der Waals surface area contributed by atoms with Crippen molar-refractivity contribution in [3.8, 4) is 11.5 Å². The Hall–Kier alpha value is -5.06. The topological polar surface area (TPSA) is 137 Å². The van der Waals surface area contributed by atoms with Crippen LogP contribution in [0.4, 0.5) is 4.79 Å². The van der Waals surface area contributed by atoms with Gasteiger partial charge in [-0.2, -0.15) is 0 Å². The summed E-state index contributed by atoms with van der Waals surface area (Å²) in [6.07, 6.45) is 4.50. The molecule has 2 fully saturated rings. The maximum Gasteiger partial charge on any atom is 0.408 e. The fourth-order valence-electron chi connectivity index (χ4n) is 7.99. The van der Waals surface area contributed by atoms with Crippen LogP contribution in [-0.2, 0) is 36.6 Å². The van der Waals surface area contributed by atoms with Crippen LogP contribution in [0.25, 0.3) is 0 Å². The highest BCUT2D eigenvalue weighted by Gasteiger charge is 2.37. The molecule has 2 aliphatic heterocycles. The van der Waals surface area contributed by atoms with Gasteiger partial charge in [0, 0.05) is 18.3 Å². The number of ether oxygens (including phenoxy) is 5. The molecule has 2 aliphatic rings. The van der Waals surface area contributed by atoms with Crippen molar-refractivity contribution in [1.29, 1.82) is 0 Å². The van der Waals surface area contributed by atoms with E-state index in [9.17, 15) is 14.4 Å². The van der Waals surface area contributed by atoms with Crippen molar-refractivity contribution in [1.82, 2.24) is 5.32 Å². The molecule has 8 atom stereocenters. The fourth-order valence-corrected chi connectivity index (χ4v) is 7.99. The Labute approximate surface area is 375 Å². The molecule has 0 aromatic heterocycles. The number of hydrogen-bond acceptors (Lipinski definition) is 8. The van der Waals surface area contributed by atoms with E-state index in [4.69, 9.17) is 23.7 Å². The standard InChI is InChI=1S/C28H37NO5.C23H29NO3.ClH/c1-19-14-16-21(17-15-19)18-22-10-9-13-24(29-27(31)34-28(3,4)5)26(30)32-20(2)25(22)33-23-11-7-6-8-12-23;1-16-11-13-18(14-12-16)15-19-7-6-10-21(24)23(25)26-17(2)22(19)27-20-8-4-3-5-9-20;/h6-8,11-12,14-17,20,22,24-25H,9-10,13,18H2,1-5H3,(H,29,31);3-5,8-9,11-14,17,19,21-22H,6-7,10,15,24H2,1-2H3;1H/t20-,22+,24-,25-;17-,19+,21-,22-;/m00./s1. The molecule has 336 valence electrons. The molecule has 1 amide bonds. The number of carbonyl (C=O) groups is 3. The lowest BCUT2D eigenvalue weighted by molar-refractivity contribution is -0.410. The van der Waals surface area contributed by atoms with Crippen LogP contribution in [0.2, 0.25) is 0 Å². The molecule has 6 rings (SSSR count). The van der Waals surface area contributed by atoms with Gasteiger partial charge >= 0.3 is 18.0 Å². The van der Waals surface area contributed by atoms with Crippen LogP contribution in [0.5, 0.6) is 11.5 Å². The molecule has 11 heteroatoms. The minimum atomic E-state index is -0.757. The molecule has 0 bridgehead atoms. The average Bonchev–Trinajstić information content (AvgIpc) is 3.29. The maximum atomic E-state index is 13.0. The summed E-state index contributed by atoms with van der Waals surface area (Å²) >= 11 is 0. The summed E-state index contributed by atoms with van der Waals surface area (Å²) in [6.45, 7) is 13.3. The van der Waals surface area contributed by atoms with Crippen LogP contribution in [-0.4, -0.2) is 60.1 Å². The second-order valence-electron chi connectivity index (χ2n) is 17.7. The zero-order valence-corrected chi connectivity index (χ0v) is 38.3. The first kappa shape index (κ1) is 49.6. The quantitative estimate of drug-likeness (QED) is 0.156. The fraction of sp³-hybridized carbons (Fsp3) is 0.471. The van der Waals surface area contributed by atoms with Gasteiger partial charge < -0.3 is 47.1 Å². The summed E-state index contributed by atoms with van der Waals surface area (Å²) in [6, 6.07) is 35.5. The zero-order chi connectivity index (χ0) is 43.9. The smallest absolute Gasteiger partial charge is 0.408 e. The Morgan fingerprint density at radius 2 is 1.06 bits per heavy atom. The first-order valence-corrected chi connectivity index (χ1v) is 21.9. The molecule has 4 aromatic rings. The molecule has 0 aliphatic carbocycles. The number of esters is 2. The highest BCUT2D eigenvalue weighted by Crippen LogP contribution is 2.31. The van der Waals surface area contributed by atoms with Crippen LogP contribution >= 0.6 is 0 Å². The highest BCUT2D eigenvalue weighted by atomic mass is 35.5. The van der Waals surface area contributed by atoms with E-state index in [0.717, 1.165) is 56.4 Å². The molecular weight excluding hydrogens is 804 g/mol. The summed E-state index contributed by atoms with van der Waals surface area (Å²) in [5.41, 5.74) is 8.31. The summed E-state index contributed by atoms with van der Waals surface area (Å²) in [7, 11) is 0. The predicted octanol–water partition coefficient (Wildman–Crippen LogP) is 5.94. The van der Waals surface area contributed by atoms with Gasteiger partial charge in [-0.05, 0) is 122 Å². The minimum absolute atomic E-state index is 0. The van der Waals surface area contributed by atoms with Crippen LogP contribution in [0, 0.1) is 25.7 Å². The van der Waals surface area contributed by atoms with Crippen LogP contribution < -0.4 is 32.9 Å². The number of cyclic esters (lactones) is 2. The predicted molar refractivity (Wildman–Crippen MR) is 237 cm³/mol. The van der Waals surface area contributed by atoms with Gasteiger partial charge in [-0.15, -0.1) is 0 Å². The third-order valence-corrected chi connectivity index (χ3v) is 11.2. The van der Waals surface area contributed by atoms with Crippen molar-refractivity contribution in [2.45, 2.75) is 142 Å². The summed E-state index contributed by atoms with van der Waals surface area (Å²) < 4.78 is 29.7. The largest absolute Gasteiger partial charge is 1.00 e. The van der Waals surface area contributed by atoms with E-state index in [1.807, 2.05) is 74.5 Å². The van der Waals surface area contributed by atoms with Crippen molar-refractivity contribution in [2.75, 3.05) is 0 Å². The summed E-state index contributed by atoms with van der Waals surface area (Å²) in [5, 5.41) is 2.70. The van der Waals surface area contributed by atoms with Gasteiger partial charge in [0.15, 0.2) is 6.04 Å². The molecule has 4 aromatic carbocycles. The Bertz CT molecular complexity index is 1960. The monoisotopic (exact) mass is 870 g/mol. The average molecular weight is 872 g/mol. The van der Waals surface area contributed by atoms with E-state index in [-0.39, 0.29) is 54.6 Å². The molecule has 0 radical (unpaired) electrons. The van der Waals surface area contributed by atoms with E-state index >= 15 is 0 Å². The van der Waals surface area contributed by atoms with Gasteiger partial charge in [0.1, 0.15) is 47.6 Å². The molecule has 0 saturated carbocycles. The maximum absolute atomic E-state index is 13.0. The van der Waals surface area contributed by atoms with Crippen molar-refractivity contribution in [2.24, 2.45) is 11.8 Å². The number of hydrogen-bond donors (Lipinski definition) is 2. The number of carbonyl (C=O) groups excluding carboxylic acids is 3. The van der Waals surface area contributed by atoms with E-state index in [1.54, 1.807) is 20.8 Å². The number of rotatable bonds is 9. The van der Waals surface area contributed by atoms with Crippen molar-refractivity contribution >= 4 is 18.0 Å². The van der Waals surface area contributed by atoms with Gasteiger partial charge in [0.25, 0.3) is 0 Å². The first-order valence-electron chi connectivity index (χ1n) is 21.9. The third kappa shape index (κ3) is 16.0. The zero-order valence-electron chi connectivity index (χ0n) is 37.5. The van der Waals surface area contributed by atoms with Gasteiger partial charge in [-0.3, -0.25) is 0 Å². The number of quaternary nitrogens is 1. The second kappa shape index (κ2) is 24.0. The molecule has 62 heavy (non-hydrogen) atoms. The lowest BCUT2D eigenvalue weighted by Gasteiger charge is -2.32. The Kier molecular flexibility index (Phi) is 19.2. The molecular formula is C51H67ClN2O8. The number of halogens is 1. The molecule has 2 heterocycles. The lowest BCUT2D eigenvalue weighted by Crippen LogP contribution is -3.00. The lowest BCUT2D eigenvalue weighted by atomic mass is 9.86. The van der Waals surface area contributed by atoms with Gasteiger partial charge in [0.2, 0.25) is 0 Å². The van der Waals surface area contributed by atoms with E-state index in [2.05, 4.69) is 73.4 Å². The Morgan fingerprint density at radius 1 is 0.645 bits per heavy atom. The number of nitrogens with one attached hydrogen (secondary N) is 1. The minimum Gasteiger partial charge on any atom is -1.00 e. The molecule has 10 nitrogen and oxygen atoms in total. The number of alkyl carbamates (subject to hydrolysis) is 1. The van der Waals surface area contributed by atoms with E-state index in [1.165, 1.54) is 22.3 Å². The van der Waals surface area contributed by atoms with Crippen molar-refractivity contribution < 1.29 is 56.2 Å². The summed E-state index contributed by atoms with van der Waals surface area (Å²) in [4.78, 5) is 37.6. The van der Waals surface area contributed by atoms with Crippen LogP contribution in [0.1, 0.15) is 95.4 Å². The highest BCUT2D eigenvalue weighted by molar-refractivity contribution is 5.81. The van der Waals surface area contributed by atoms with Gasteiger partial charge in [-0.25, -0.2) is 14.4 Å². The molecule has 0 unspecified atom stereocenters. The number of para-hydroxylation sites is 2. The van der Waals surface area contributed by atoms with E-state index in [0.29, 0.717) is 6.42 Å². The number of aryl methyl sites for hydroxylation is 2. The summed E-state index contributed by atoms with van der Waals surface area (Å²) in [5.74, 6) is 1.26. The molecule has 4 N–H and O–H groups in total. The van der Waals surface area contributed by atoms with Gasteiger partial charge in [0.05, 0.1) is 0 Å². The Morgan fingerprint density at radius 3 is 1.50 bits per heavy atom. The van der Waals surface area contributed by atoms with Crippen molar-refractivity contribution in [3.05, 3.63) is 131 Å². The SMILES string of the molecule is Cc1ccc(C[C@H]2CCC[C@H](NC(=O)OC(C)(C)C)C(=O)O[C@@H](C)[C@@H]2Oc2ccccc2)cc1.Cc1ccc(C[C@H]2CCC[C@H]([NH3+])C(=O)O[C@@H](C)[C@@H]2Oc2ccccc2)cc1.[Cl-]. The van der Waals surface area contributed by atoms with Gasteiger partial charge in [-0.1, -0.05) is 102 Å². The van der Waals surface area contributed by atoms with Crippen LogP contribution in [0.3, 0.4) is 0 Å². The second-order valence-corrected chi connectivity index (χ2v) is 17.7. The van der Waals surface area contributed by atoms with Crippen molar-refractivity contribution in [3.63, 3.8) is 0 Å². The first-order chi connectivity index (χ1) is 29.1.